The van der Waals surface area contributed by atoms with Crippen LogP contribution in [0.3, 0.4) is 0 Å². The highest BCUT2D eigenvalue weighted by Gasteiger charge is 2.27. The maximum absolute atomic E-state index is 13.2. The van der Waals surface area contributed by atoms with E-state index >= 15 is 0 Å². The predicted octanol–water partition coefficient (Wildman–Crippen LogP) is 2.66. The first kappa shape index (κ1) is 14.9. The Hall–Kier alpha value is -1.13. The van der Waals surface area contributed by atoms with Gasteiger partial charge in [-0.05, 0) is 24.1 Å². The molecule has 0 aromatic heterocycles. The second-order valence-corrected chi connectivity index (χ2v) is 4.40. The minimum atomic E-state index is -1.14. The van der Waals surface area contributed by atoms with Crippen LogP contribution in [0.5, 0.6) is 5.75 Å². The highest BCUT2D eigenvalue weighted by Crippen LogP contribution is 2.32. The van der Waals surface area contributed by atoms with Gasteiger partial charge in [-0.3, -0.25) is 0 Å². The highest BCUT2D eigenvalue weighted by atomic mass is 19.1. The first-order chi connectivity index (χ1) is 8.54. The summed E-state index contributed by atoms with van der Waals surface area (Å²) in [7, 11) is 1.45. The Bertz CT molecular complexity index is 377. The molecule has 1 rings (SSSR count). The van der Waals surface area contributed by atoms with Gasteiger partial charge in [0.1, 0.15) is 17.7 Å². The zero-order chi connectivity index (χ0) is 13.7. The Labute approximate surface area is 107 Å². The lowest BCUT2D eigenvalue weighted by Crippen LogP contribution is -2.27. The first-order valence-corrected chi connectivity index (χ1v) is 6.24. The molecule has 0 saturated carbocycles. The predicted molar refractivity (Wildman–Crippen MR) is 68.0 cm³/mol. The van der Waals surface area contributed by atoms with Gasteiger partial charge in [-0.2, -0.15) is 0 Å². The van der Waals surface area contributed by atoms with Crippen LogP contribution in [0.25, 0.3) is 0 Å². The largest absolute Gasteiger partial charge is 0.496 e. The molecule has 0 heterocycles. The fourth-order valence-corrected chi connectivity index (χ4v) is 2.15. The van der Waals surface area contributed by atoms with Crippen LogP contribution in [0.4, 0.5) is 4.39 Å². The normalized spacial score (nSPS) is 14.6. The van der Waals surface area contributed by atoms with Crippen molar-refractivity contribution in [1.82, 2.24) is 0 Å². The maximum atomic E-state index is 13.2. The van der Waals surface area contributed by atoms with E-state index in [0.29, 0.717) is 5.75 Å². The van der Waals surface area contributed by atoms with E-state index in [0.717, 1.165) is 12.8 Å². The molecule has 1 aromatic rings. The molecule has 0 spiro atoms. The Morgan fingerprint density at radius 2 is 1.83 bits per heavy atom. The lowest BCUT2D eigenvalue weighted by Gasteiger charge is -2.26. The highest BCUT2D eigenvalue weighted by molar-refractivity contribution is 5.36. The molecule has 0 amide bonds. The Morgan fingerprint density at radius 3 is 2.33 bits per heavy atom. The fourth-order valence-electron chi connectivity index (χ4n) is 2.15. The number of rotatable bonds is 6. The number of hydrogen-bond donors (Lipinski definition) is 2. The molecule has 0 saturated heterocycles. The number of hydrogen-bond acceptors (Lipinski definition) is 3. The van der Waals surface area contributed by atoms with Crippen molar-refractivity contribution < 1.29 is 19.3 Å². The topological polar surface area (TPSA) is 49.7 Å². The van der Waals surface area contributed by atoms with Crippen LogP contribution in [0.2, 0.25) is 0 Å². The van der Waals surface area contributed by atoms with Crippen molar-refractivity contribution in [2.24, 2.45) is 5.92 Å². The summed E-state index contributed by atoms with van der Waals surface area (Å²) in [5.41, 5.74) is 0.289. The van der Waals surface area contributed by atoms with Gasteiger partial charge in [-0.1, -0.05) is 26.7 Å². The maximum Gasteiger partial charge on any atom is 0.124 e. The van der Waals surface area contributed by atoms with Gasteiger partial charge in [-0.15, -0.1) is 0 Å². The average Bonchev–Trinajstić information content (AvgIpc) is 2.39. The van der Waals surface area contributed by atoms with Gasteiger partial charge >= 0.3 is 0 Å². The molecule has 0 fully saturated rings. The molecule has 0 aliphatic heterocycles. The molecule has 2 N–H and O–H groups in total. The monoisotopic (exact) mass is 256 g/mol. The summed E-state index contributed by atoms with van der Waals surface area (Å²) in [5, 5.41) is 20.3. The fraction of sp³-hybridized carbons (Fsp3) is 0.571. The number of methoxy groups -OCH3 is 1. The van der Waals surface area contributed by atoms with Crippen LogP contribution in [0, 0.1) is 11.7 Å². The van der Waals surface area contributed by atoms with E-state index in [-0.39, 0.29) is 11.5 Å². The number of aliphatic hydroxyl groups excluding tert-OH is 2. The van der Waals surface area contributed by atoms with Gasteiger partial charge < -0.3 is 14.9 Å². The van der Waals surface area contributed by atoms with Crippen molar-refractivity contribution in [3.05, 3.63) is 29.6 Å². The SMILES string of the molecule is CCC(CC)C(O)C(O)c1cc(F)ccc1OC. The zero-order valence-corrected chi connectivity index (χ0v) is 11.1. The first-order valence-electron chi connectivity index (χ1n) is 6.24. The number of halogens is 1. The van der Waals surface area contributed by atoms with Gasteiger partial charge in [0.15, 0.2) is 0 Å². The average molecular weight is 256 g/mol. The van der Waals surface area contributed by atoms with Crippen LogP contribution in [-0.2, 0) is 0 Å². The number of aliphatic hydroxyl groups is 2. The molecule has 0 radical (unpaired) electrons. The summed E-state index contributed by atoms with van der Waals surface area (Å²) in [5.74, 6) is -0.0940. The third-order valence-corrected chi connectivity index (χ3v) is 3.37. The zero-order valence-electron chi connectivity index (χ0n) is 11.1. The van der Waals surface area contributed by atoms with E-state index < -0.39 is 18.0 Å². The molecule has 2 unspecified atom stereocenters. The molecule has 4 heteroatoms. The summed E-state index contributed by atoms with van der Waals surface area (Å²) in [6.07, 6.45) is -0.546. The molecule has 0 aliphatic rings. The van der Waals surface area contributed by atoms with Crippen LogP contribution >= 0.6 is 0 Å². The lowest BCUT2D eigenvalue weighted by atomic mass is 9.89. The van der Waals surface area contributed by atoms with Crippen molar-refractivity contribution in [2.75, 3.05) is 7.11 Å². The second kappa shape index (κ2) is 6.71. The van der Waals surface area contributed by atoms with Crippen molar-refractivity contribution in [1.29, 1.82) is 0 Å². The quantitative estimate of drug-likeness (QED) is 0.822. The van der Waals surface area contributed by atoms with Crippen molar-refractivity contribution in [3.63, 3.8) is 0 Å². The smallest absolute Gasteiger partial charge is 0.124 e. The van der Waals surface area contributed by atoms with Crippen LogP contribution in [-0.4, -0.2) is 23.4 Å². The molecule has 102 valence electrons. The van der Waals surface area contributed by atoms with Gasteiger partial charge in [0.25, 0.3) is 0 Å². The van der Waals surface area contributed by atoms with Crippen LogP contribution < -0.4 is 4.74 Å². The third-order valence-electron chi connectivity index (χ3n) is 3.37. The molecule has 18 heavy (non-hydrogen) atoms. The van der Waals surface area contributed by atoms with Crippen LogP contribution in [0.15, 0.2) is 18.2 Å². The second-order valence-electron chi connectivity index (χ2n) is 4.40. The van der Waals surface area contributed by atoms with E-state index in [1.54, 1.807) is 0 Å². The van der Waals surface area contributed by atoms with Crippen molar-refractivity contribution in [2.45, 2.75) is 38.9 Å². The van der Waals surface area contributed by atoms with Gasteiger partial charge in [-0.25, -0.2) is 4.39 Å². The van der Waals surface area contributed by atoms with Gasteiger partial charge in [0, 0.05) is 5.56 Å². The lowest BCUT2D eigenvalue weighted by molar-refractivity contribution is -0.0220. The Kier molecular flexibility index (Phi) is 5.56. The Morgan fingerprint density at radius 1 is 1.22 bits per heavy atom. The van der Waals surface area contributed by atoms with Crippen LogP contribution in [0.1, 0.15) is 38.4 Å². The molecule has 0 aliphatic carbocycles. The van der Waals surface area contributed by atoms with E-state index in [4.69, 9.17) is 4.74 Å². The Balaban J connectivity index is 3.01. The summed E-state index contributed by atoms with van der Waals surface area (Å²) < 4.78 is 18.3. The standard InChI is InChI=1S/C14H21FO3/c1-4-9(5-2)13(16)14(17)11-8-10(15)6-7-12(11)18-3/h6-9,13-14,16-17H,4-5H2,1-3H3. The molecule has 0 bridgehead atoms. The molecule has 1 aromatic carbocycles. The van der Waals surface area contributed by atoms with Crippen molar-refractivity contribution in [3.8, 4) is 5.75 Å². The van der Waals surface area contributed by atoms with E-state index in [1.807, 2.05) is 13.8 Å². The molecule has 2 atom stereocenters. The number of ether oxygens (including phenoxy) is 1. The van der Waals surface area contributed by atoms with Gasteiger partial charge in [0.05, 0.1) is 13.2 Å². The summed E-state index contributed by atoms with van der Waals surface area (Å²) in [4.78, 5) is 0. The minimum Gasteiger partial charge on any atom is -0.496 e. The van der Waals surface area contributed by atoms with Crippen molar-refractivity contribution >= 4 is 0 Å². The summed E-state index contributed by atoms with van der Waals surface area (Å²) in [6.45, 7) is 3.90. The molecular formula is C14H21FO3. The van der Waals surface area contributed by atoms with E-state index in [1.165, 1.54) is 25.3 Å². The van der Waals surface area contributed by atoms with Gasteiger partial charge in [0.2, 0.25) is 0 Å². The number of benzene rings is 1. The minimum absolute atomic E-state index is 0.0204. The van der Waals surface area contributed by atoms with E-state index in [9.17, 15) is 14.6 Å². The third kappa shape index (κ3) is 3.21. The van der Waals surface area contributed by atoms with E-state index in [2.05, 4.69) is 0 Å². The molecular weight excluding hydrogens is 235 g/mol. The molecule has 3 nitrogen and oxygen atoms in total. The summed E-state index contributed by atoms with van der Waals surface area (Å²) >= 11 is 0. The summed E-state index contributed by atoms with van der Waals surface area (Å²) in [6, 6.07) is 3.92.